The van der Waals surface area contributed by atoms with Crippen LogP contribution >= 0.6 is 24.8 Å². The van der Waals surface area contributed by atoms with E-state index in [0.717, 1.165) is 6.54 Å². The van der Waals surface area contributed by atoms with Gasteiger partial charge in [0.1, 0.15) is 0 Å². The highest BCUT2D eigenvalue weighted by Gasteiger charge is 2.44. The Hall–Kier alpha value is 0.500. The third kappa shape index (κ3) is 2.48. The first-order valence-corrected chi connectivity index (χ1v) is 3.79. The molecular weight excluding hydrogens is 183 g/mol. The molecule has 11 heavy (non-hydrogen) atoms. The molecule has 0 aromatic carbocycles. The Morgan fingerprint density at radius 1 is 1.27 bits per heavy atom. The van der Waals surface area contributed by atoms with E-state index in [4.69, 9.17) is 0 Å². The molecule has 1 spiro atoms. The molecule has 2 nitrogen and oxygen atoms in total. The molecule has 1 saturated carbocycles. The van der Waals surface area contributed by atoms with E-state index in [1.54, 1.807) is 0 Å². The number of hydrogen-bond donors (Lipinski definition) is 2. The van der Waals surface area contributed by atoms with E-state index in [1.165, 1.54) is 19.4 Å². The molecule has 0 amide bonds. The van der Waals surface area contributed by atoms with E-state index in [0.29, 0.717) is 11.6 Å². The summed E-state index contributed by atoms with van der Waals surface area (Å²) in [5.41, 5.74) is 0.539. The molecule has 1 saturated heterocycles. The van der Waals surface area contributed by atoms with Gasteiger partial charge in [0.25, 0.3) is 0 Å². The fraction of sp³-hybridized carbons (Fsp3) is 1.00. The normalized spacial score (nSPS) is 31.9. The van der Waals surface area contributed by atoms with Crippen LogP contribution in [-0.2, 0) is 0 Å². The third-order valence-electron chi connectivity index (χ3n) is 2.32. The maximum Gasteiger partial charge on any atom is 0.0310 e. The van der Waals surface area contributed by atoms with Crippen molar-refractivity contribution in [2.75, 3.05) is 13.1 Å². The summed E-state index contributed by atoms with van der Waals surface area (Å²) in [6.07, 6.45) is 2.76. The van der Waals surface area contributed by atoms with E-state index < -0.39 is 0 Å². The van der Waals surface area contributed by atoms with Crippen LogP contribution in [-0.4, -0.2) is 24.7 Å². The van der Waals surface area contributed by atoms with Crippen molar-refractivity contribution in [2.24, 2.45) is 0 Å². The number of hydrogen-bond acceptors (Lipinski definition) is 2. The smallest absolute Gasteiger partial charge is 0.0310 e. The fourth-order valence-corrected chi connectivity index (χ4v) is 1.62. The minimum atomic E-state index is 0. The van der Waals surface area contributed by atoms with Gasteiger partial charge in [-0.05, 0) is 19.8 Å². The third-order valence-corrected chi connectivity index (χ3v) is 2.32. The van der Waals surface area contributed by atoms with Gasteiger partial charge < -0.3 is 10.6 Å². The molecule has 1 aliphatic heterocycles. The van der Waals surface area contributed by atoms with Crippen molar-refractivity contribution in [3.05, 3.63) is 0 Å². The van der Waals surface area contributed by atoms with Crippen molar-refractivity contribution in [3.63, 3.8) is 0 Å². The molecule has 1 aliphatic carbocycles. The van der Waals surface area contributed by atoms with E-state index in [2.05, 4.69) is 17.6 Å². The second-order valence-electron chi connectivity index (χ2n) is 3.46. The van der Waals surface area contributed by atoms with Gasteiger partial charge in [-0.1, -0.05) is 0 Å². The van der Waals surface area contributed by atoms with E-state index in [1.807, 2.05) is 0 Å². The molecule has 0 bridgehead atoms. The van der Waals surface area contributed by atoms with Crippen LogP contribution in [0.4, 0.5) is 0 Å². The van der Waals surface area contributed by atoms with E-state index in [9.17, 15) is 0 Å². The number of nitrogens with one attached hydrogen (secondary N) is 2. The zero-order valence-electron chi connectivity index (χ0n) is 6.72. The molecule has 2 fully saturated rings. The molecular formula is C7H16Cl2N2. The lowest BCUT2D eigenvalue weighted by atomic mass is 10.1. The predicted molar refractivity (Wildman–Crippen MR) is 51.9 cm³/mol. The van der Waals surface area contributed by atoms with Crippen molar-refractivity contribution in [3.8, 4) is 0 Å². The lowest BCUT2D eigenvalue weighted by molar-refractivity contribution is 0.338. The van der Waals surface area contributed by atoms with Gasteiger partial charge in [-0.3, -0.25) is 0 Å². The Kier molecular flexibility index (Phi) is 4.12. The SMILES string of the molecule is C[C@H]1CNCC2(CC2)N1.Cl.Cl. The Bertz CT molecular complexity index is 126. The summed E-state index contributed by atoms with van der Waals surface area (Å²) in [6.45, 7) is 4.57. The summed E-state index contributed by atoms with van der Waals surface area (Å²) in [6, 6.07) is 0.682. The van der Waals surface area contributed by atoms with Crippen molar-refractivity contribution >= 4 is 24.8 Å². The van der Waals surface area contributed by atoms with Gasteiger partial charge in [0.2, 0.25) is 0 Å². The number of rotatable bonds is 0. The lowest BCUT2D eigenvalue weighted by Gasteiger charge is -2.29. The fourth-order valence-electron chi connectivity index (χ4n) is 1.62. The van der Waals surface area contributed by atoms with Gasteiger partial charge in [-0.2, -0.15) is 0 Å². The zero-order chi connectivity index (χ0) is 6.32. The minimum absolute atomic E-state index is 0. The van der Waals surface area contributed by atoms with Crippen LogP contribution in [0.15, 0.2) is 0 Å². The van der Waals surface area contributed by atoms with Crippen molar-refractivity contribution in [2.45, 2.75) is 31.3 Å². The van der Waals surface area contributed by atoms with Gasteiger partial charge in [-0.25, -0.2) is 0 Å². The van der Waals surface area contributed by atoms with Gasteiger partial charge in [-0.15, -0.1) is 24.8 Å². The van der Waals surface area contributed by atoms with Crippen molar-refractivity contribution < 1.29 is 0 Å². The summed E-state index contributed by atoms with van der Waals surface area (Å²) in [4.78, 5) is 0. The minimum Gasteiger partial charge on any atom is -0.313 e. The molecule has 2 rings (SSSR count). The molecule has 0 aromatic heterocycles. The Balaban J connectivity index is 0.000000500. The molecule has 1 atom stereocenters. The highest BCUT2D eigenvalue weighted by molar-refractivity contribution is 5.85. The first-order valence-electron chi connectivity index (χ1n) is 3.79. The van der Waals surface area contributed by atoms with Gasteiger partial charge in [0.05, 0.1) is 0 Å². The highest BCUT2D eigenvalue weighted by atomic mass is 35.5. The summed E-state index contributed by atoms with van der Waals surface area (Å²) in [7, 11) is 0. The first-order chi connectivity index (χ1) is 4.31. The zero-order valence-corrected chi connectivity index (χ0v) is 8.36. The first kappa shape index (κ1) is 11.5. The Morgan fingerprint density at radius 3 is 2.27 bits per heavy atom. The largest absolute Gasteiger partial charge is 0.313 e. The molecule has 0 radical (unpaired) electrons. The average molecular weight is 199 g/mol. The van der Waals surface area contributed by atoms with Crippen LogP contribution in [0.1, 0.15) is 19.8 Å². The van der Waals surface area contributed by atoms with Crippen LogP contribution < -0.4 is 10.6 Å². The maximum absolute atomic E-state index is 3.60. The molecule has 1 heterocycles. The van der Waals surface area contributed by atoms with E-state index in [-0.39, 0.29) is 24.8 Å². The van der Waals surface area contributed by atoms with Gasteiger partial charge in [0, 0.05) is 24.7 Å². The summed E-state index contributed by atoms with van der Waals surface area (Å²) in [5.74, 6) is 0. The summed E-state index contributed by atoms with van der Waals surface area (Å²) in [5, 5.41) is 7.03. The van der Waals surface area contributed by atoms with Crippen LogP contribution in [0, 0.1) is 0 Å². The van der Waals surface area contributed by atoms with Gasteiger partial charge >= 0.3 is 0 Å². The average Bonchev–Trinajstić information content (AvgIpc) is 2.49. The second-order valence-corrected chi connectivity index (χ2v) is 3.46. The summed E-state index contributed by atoms with van der Waals surface area (Å²) >= 11 is 0. The topological polar surface area (TPSA) is 24.1 Å². The van der Waals surface area contributed by atoms with Gasteiger partial charge in [0.15, 0.2) is 0 Å². The standard InChI is InChI=1S/C7H14N2.2ClH/c1-6-4-8-5-7(9-6)2-3-7;;/h6,8-9H,2-5H2,1H3;2*1H/t6-;;/m0../s1. The molecule has 4 heteroatoms. The Morgan fingerprint density at radius 2 is 1.91 bits per heavy atom. The second kappa shape index (κ2) is 3.94. The molecule has 0 aromatic rings. The Labute approximate surface area is 80.3 Å². The monoisotopic (exact) mass is 198 g/mol. The molecule has 2 aliphatic rings. The van der Waals surface area contributed by atoms with Crippen LogP contribution in [0.5, 0.6) is 0 Å². The number of piperazine rings is 1. The quantitative estimate of drug-likeness (QED) is 0.606. The highest BCUT2D eigenvalue weighted by Crippen LogP contribution is 2.36. The maximum atomic E-state index is 3.60. The summed E-state index contributed by atoms with van der Waals surface area (Å²) < 4.78 is 0. The molecule has 0 unspecified atom stereocenters. The van der Waals surface area contributed by atoms with Crippen LogP contribution in [0.25, 0.3) is 0 Å². The van der Waals surface area contributed by atoms with E-state index >= 15 is 0 Å². The number of halogens is 2. The van der Waals surface area contributed by atoms with Crippen molar-refractivity contribution in [1.29, 1.82) is 0 Å². The predicted octanol–water partition coefficient (Wildman–Crippen LogP) is 0.944. The van der Waals surface area contributed by atoms with Crippen LogP contribution in [0.3, 0.4) is 0 Å². The van der Waals surface area contributed by atoms with Crippen molar-refractivity contribution in [1.82, 2.24) is 10.6 Å². The lowest BCUT2D eigenvalue weighted by Crippen LogP contribution is -2.55. The molecule has 2 N–H and O–H groups in total. The molecule has 68 valence electrons. The van der Waals surface area contributed by atoms with Crippen LogP contribution in [0.2, 0.25) is 0 Å².